The SMILES string of the molecule is CC1CCCCC1N(C)Cc1ccc(O)c(Br)c1. The lowest BCUT2D eigenvalue weighted by Gasteiger charge is -2.36. The maximum Gasteiger partial charge on any atom is 0.129 e. The van der Waals surface area contributed by atoms with Gasteiger partial charge in [0.1, 0.15) is 5.75 Å². The Kier molecular flexibility index (Phi) is 4.68. The molecule has 0 amide bonds. The molecule has 0 spiro atoms. The number of halogens is 1. The molecule has 1 aromatic carbocycles. The van der Waals surface area contributed by atoms with Crippen molar-refractivity contribution in [3.05, 3.63) is 28.2 Å². The van der Waals surface area contributed by atoms with E-state index in [0.29, 0.717) is 11.8 Å². The molecule has 2 nitrogen and oxygen atoms in total. The molecule has 1 aliphatic rings. The molecule has 0 bridgehead atoms. The standard InChI is InChI=1S/C15H22BrNO/c1-11-5-3-4-6-14(11)17(2)10-12-7-8-15(18)13(16)9-12/h7-9,11,14,18H,3-6,10H2,1-2H3. The molecule has 2 atom stereocenters. The second-order valence-corrected chi connectivity index (χ2v) is 6.38. The molecular weight excluding hydrogens is 290 g/mol. The summed E-state index contributed by atoms with van der Waals surface area (Å²) in [4.78, 5) is 2.46. The second kappa shape index (κ2) is 6.07. The Bertz CT molecular complexity index is 407. The lowest BCUT2D eigenvalue weighted by atomic mass is 9.85. The van der Waals surface area contributed by atoms with E-state index in [1.165, 1.54) is 31.2 Å². The van der Waals surface area contributed by atoms with Gasteiger partial charge < -0.3 is 5.11 Å². The summed E-state index contributed by atoms with van der Waals surface area (Å²) in [5, 5.41) is 9.51. The molecule has 0 aliphatic heterocycles. The maximum atomic E-state index is 9.51. The number of nitrogens with zero attached hydrogens (tertiary/aromatic N) is 1. The first-order valence-corrected chi connectivity index (χ1v) is 7.55. The van der Waals surface area contributed by atoms with Crippen molar-refractivity contribution in [1.82, 2.24) is 4.90 Å². The molecular formula is C15H22BrNO. The molecule has 1 fully saturated rings. The minimum atomic E-state index is 0.312. The van der Waals surface area contributed by atoms with Crippen LogP contribution in [0.1, 0.15) is 38.2 Å². The quantitative estimate of drug-likeness (QED) is 0.905. The molecule has 0 heterocycles. The van der Waals surface area contributed by atoms with Gasteiger partial charge in [-0.15, -0.1) is 0 Å². The van der Waals surface area contributed by atoms with Crippen LogP contribution < -0.4 is 0 Å². The first kappa shape index (κ1) is 13.9. The van der Waals surface area contributed by atoms with Gasteiger partial charge in [-0.05, 0) is 59.4 Å². The van der Waals surface area contributed by atoms with Gasteiger partial charge in [-0.3, -0.25) is 4.90 Å². The number of aromatic hydroxyl groups is 1. The van der Waals surface area contributed by atoms with Gasteiger partial charge in [-0.25, -0.2) is 0 Å². The number of benzene rings is 1. The zero-order valence-corrected chi connectivity index (χ0v) is 12.8. The van der Waals surface area contributed by atoms with E-state index in [4.69, 9.17) is 0 Å². The van der Waals surface area contributed by atoms with Crippen LogP contribution >= 0.6 is 15.9 Å². The Morgan fingerprint density at radius 1 is 1.33 bits per heavy atom. The van der Waals surface area contributed by atoms with E-state index in [1.54, 1.807) is 6.07 Å². The minimum absolute atomic E-state index is 0.312. The minimum Gasteiger partial charge on any atom is -0.507 e. The number of hydrogen-bond donors (Lipinski definition) is 1. The highest BCUT2D eigenvalue weighted by Crippen LogP contribution is 2.29. The topological polar surface area (TPSA) is 23.5 Å². The summed E-state index contributed by atoms with van der Waals surface area (Å²) in [7, 11) is 2.22. The first-order valence-electron chi connectivity index (χ1n) is 6.75. The van der Waals surface area contributed by atoms with E-state index in [9.17, 15) is 5.11 Å². The Labute approximate surface area is 118 Å². The van der Waals surface area contributed by atoms with Gasteiger partial charge in [0.2, 0.25) is 0 Å². The molecule has 1 N–H and O–H groups in total. The smallest absolute Gasteiger partial charge is 0.129 e. The number of rotatable bonds is 3. The summed E-state index contributed by atoms with van der Waals surface area (Å²) in [5.41, 5.74) is 1.25. The van der Waals surface area contributed by atoms with Crippen LogP contribution in [0.4, 0.5) is 0 Å². The van der Waals surface area contributed by atoms with Crippen molar-refractivity contribution >= 4 is 15.9 Å². The van der Waals surface area contributed by atoms with Crippen molar-refractivity contribution in [2.45, 2.75) is 45.2 Å². The Morgan fingerprint density at radius 2 is 2.06 bits per heavy atom. The second-order valence-electron chi connectivity index (χ2n) is 5.53. The summed E-state index contributed by atoms with van der Waals surface area (Å²) in [5.74, 6) is 1.11. The predicted molar refractivity (Wildman–Crippen MR) is 78.7 cm³/mol. The fourth-order valence-electron chi connectivity index (χ4n) is 3.01. The Hall–Kier alpha value is -0.540. The fourth-order valence-corrected chi connectivity index (χ4v) is 3.43. The van der Waals surface area contributed by atoms with Crippen molar-refractivity contribution < 1.29 is 5.11 Å². The molecule has 0 radical (unpaired) electrons. The van der Waals surface area contributed by atoms with Crippen LogP contribution in [0.3, 0.4) is 0 Å². The molecule has 1 aliphatic carbocycles. The zero-order chi connectivity index (χ0) is 13.1. The molecule has 0 saturated heterocycles. The van der Waals surface area contributed by atoms with Crippen LogP contribution in [0.15, 0.2) is 22.7 Å². The Morgan fingerprint density at radius 3 is 2.72 bits per heavy atom. The molecule has 1 aromatic rings. The highest BCUT2D eigenvalue weighted by atomic mass is 79.9. The summed E-state index contributed by atoms with van der Waals surface area (Å²) in [6, 6.07) is 6.48. The number of hydrogen-bond acceptors (Lipinski definition) is 2. The van der Waals surface area contributed by atoms with Crippen LogP contribution in [-0.4, -0.2) is 23.1 Å². The normalized spacial score (nSPS) is 24.4. The molecule has 1 saturated carbocycles. The van der Waals surface area contributed by atoms with Gasteiger partial charge in [0.05, 0.1) is 4.47 Å². The fraction of sp³-hybridized carbons (Fsp3) is 0.600. The third-order valence-electron chi connectivity index (χ3n) is 4.08. The van der Waals surface area contributed by atoms with Gasteiger partial charge in [0.25, 0.3) is 0 Å². The van der Waals surface area contributed by atoms with Crippen molar-refractivity contribution in [3.63, 3.8) is 0 Å². The van der Waals surface area contributed by atoms with Gasteiger partial charge in [-0.1, -0.05) is 25.8 Å². The number of phenolic OH excluding ortho intramolecular Hbond substituents is 1. The van der Waals surface area contributed by atoms with E-state index >= 15 is 0 Å². The van der Waals surface area contributed by atoms with E-state index in [1.807, 2.05) is 12.1 Å². The van der Waals surface area contributed by atoms with Crippen LogP contribution in [-0.2, 0) is 6.54 Å². The summed E-state index contributed by atoms with van der Waals surface area (Å²) in [6.07, 6.45) is 5.42. The van der Waals surface area contributed by atoms with Crippen LogP contribution in [0, 0.1) is 5.92 Å². The predicted octanol–water partition coefficient (Wildman–Crippen LogP) is 4.17. The Balaban J connectivity index is 2.01. The molecule has 2 unspecified atom stereocenters. The van der Waals surface area contributed by atoms with Crippen LogP contribution in [0.5, 0.6) is 5.75 Å². The van der Waals surface area contributed by atoms with Crippen LogP contribution in [0.2, 0.25) is 0 Å². The van der Waals surface area contributed by atoms with Gasteiger partial charge in [0.15, 0.2) is 0 Å². The summed E-state index contributed by atoms with van der Waals surface area (Å²) >= 11 is 3.38. The van der Waals surface area contributed by atoms with Crippen molar-refractivity contribution in [2.24, 2.45) is 5.92 Å². The monoisotopic (exact) mass is 311 g/mol. The van der Waals surface area contributed by atoms with Crippen molar-refractivity contribution in [3.8, 4) is 5.75 Å². The maximum absolute atomic E-state index is 9.51. The third kappa shape index (κ3) is 3.27. The molecule has 0 aromatic heterocycles. The molecule has 3 heteroatoms. The summed E-state index contributed by atoms with van der Waals surface area (Å²) < 4.78 is 0.782. The lowest BCUT2D eigenvalue weighted by Crippen LogP contribution is -2.38. The molecule has 2 rings (SSSR count). The number of phenols is 1. The van der Waals surface area contributed by atoms with Gasteiger partial charge in [-0.2, -0.15) is 0 Å². The highest BCUT2D eigenvalue weighted by molar-refractivity contribution is 9.10. The summed E-state index contributed by atoms with van der Waals surface area (Å²) in [6.45, 7) is 3.32. The average molecular weight is 312 g/mol. The van der Waals surface area contributed by atoms with E-state index < -0.39 is 0 Å². The zero-order valence-electron chi connectivity index (χ0n) is 11.2. The largest absolute Gasteiger partial charge is 0.507 e. The van der Waals surface area contributed by atoms with E-state index in [-0.39, 0.29) is 0 Å². The molecule has 18 heavy (non-hydrogen) atoms. The molecule has 100 valence electrons. The van der Waals surface area contributed by atoms with Gasteiger partial charge in [0, 0.05) is 12.6 Å². The lowest BCUT2D eigenvalue weighted by molar-refractivity contribution is 0.133. The van der Waals surface area contributed by atoms with Gasteiger partial charge >= 0.3 is 0 Å². The van der Waals surface area contributed by atoms with E-state index in [0.717, 1.165) is 16.9 Å². The van der Waals surface area contributed by atoms with Crippen molar-refractivity contribution in [1.29, 1.82) is 0 Å². The first-order chi connectivity index (χ1) is 8.58. The van der Waals surface area contributed by atoms with Crippen molar-refractivity contribution in [2.75, 3.05) is 7.05 Å². The third-order valence-corrected chi connectivity index (χ3v) is 4.71. The van der Waals surface area contributed by atoms with E-state index in [2.05, 4.69) is 34.8 Å². The average Bonchev–Trinajstić information content (AvgIpc) is 2.34. The highest BCUT2D eigenvalue weighted by Gasteiger charge is 2.24. The van der Waals surface area contributed by atoms with Crippen LogP contribution in [0.25, 0.3) is 0 Å².